The van der Waals surface area contributed by atoms with Crippen molar-refractivity contribution in [1.29, 1.82) is 0 Å². The molecule has 0 aliphatic rings. The van der Waals surface area contributed by atoms with Crippen LogP contribution in [-0.4, -0.2) is 17.8 Å². The van der Waals surface area contributed by atoms with E-state index >= 15 is 0 Å². The molecule has 0 atom stereocenters. The summed E-state index contributed by atoms with van der Waals surface area (Å²) >= 11 is 0. The zero-order valence-corrected chi connectivity index (χ0v) is 18.8. The fourth-order valence-electron chi connectivity index (χ4n) is 4.13. The van der Waals surface area contributed by atoms with Crippen LogP contribution >= 0.6 is 0 Å². The number of allylic oxidation sites excluding steroid dienone is 1. The van der Waals surface area contributed by atoms with E-state index in [1.165, 1.54) is 17.7 Å². The lowest BCUT2D eigenvalue weighted by Gasteiger charge is -2.17. The summed E-state index contributed by atoms with van der Waals surface area (Å²) in [5.41, 5.74) is 6.13. The first kappa shape index (κ1) is 22.9. The lowest BCUT2D eigenvalue weighted by atomic mass is 9.96. The van der Waals surface area contributed by atoms with Crippen LogP contribution in [0.25, 0.3) is 16.6 Å². The van der Waals surface area contributed by atoms with Gasteiger partial charge in [-0.1, -0.05) is 25.5 Å². The van der Waals surface area contributed by atoms with E-state index in [1.807, 2.05) is 24.5 Å². The molecule has 0 amide bonds. The molecule has 0 unspecified atom stereocenters. The number of fused-ring (bicyclic) bond motifs is 1. The van der Waals surface area contributed by atoms with Crippen molar-refractivity contribution >= 4 is 17.1 Å². The molecule has 0 aliphatic heterocycles. The minimum Gasteiger partial charge on any atom is -0.313 e. The zero-order valence-electron chi connectivity index (χ0n) is 18.8. The van der Waals surface area contributed by atoms with Crippen molar-refractivity contribution in [3.63, 3.8) is 0 Å². The number of hydrogen-bond donors (Lipinski definition) is 0. The van der Waals surface area contributed by atoms with Crippen molar-refractivity contribution < 1.29 is 13.2 Å². The number of halogens is 3. The van der Waals surface area contributed by atoms with Gasteiger partial charge >= 0.3 is 6.18 Å². The van der Waals surface area contributed by atoms with Crippen molar-refractivity contribution in [2.75, 3.05) is 7.05 Å². The number of rotatable bonds is 6. The molecular weight excluding hydrogens is 397 g/mol. The fourth-order valence-corrected chi connectivity index (χ4v) is 4.13. The van der Waals surface area contributed by atoms with E-state index in [1.54, 1.807) is 19.3 Å². The highest BCUT2D eigenvalue weighted by molar-refractivity contribution is 5.94. The Hall–Kier alpha value is -2.82. The van der Waals surface area contributed by atoms with Gasteiger partial charge in [-0.3, -0.25) is 4.99 Å². The average Bonchev–Trinajstić information content (AvgIpc) is 2.99. The Bertz CT molecular complexity index is 1150. The van der Waals surface area contributed by atoms with Crippen LogP contribution < -0.4 is 0 Å². The van der Waals surface area contributed by atoms with Crippen LogP contribution in [0.15, 0.2) is 53.5 Å². The summed E-state index contributed by atoms with van der Waals surface area (Å²) in [5.74, 6) is 0.130. The van der Waals surface area contributed by atoms with Crippen LogP contribution in [0.1, 0.15) is 61.1 Å². The first-order valence-electron chi connectivity index (χ1n) is 10.5. The predicted molar refractivity (Wildman–Crippen MR) is 124 cm³/mol. The second-order valence-electron chi connectivity index (χ2n) is 8.47. The lowest BCUT2D eigenvalue weighted by molar-refractivity contribution is -0.137. The van der Waals surface area contributed by atoms with E-state index < -0.39 is 11.7 Å². The molecule has 5 heteroatoms. The maximum atomic E-state index is 13.5. The summed E-state index contributed by atoms with van der Waals surface area (Å²) in [7, 11) is 1.72. The zero-order chi connectivity index (χ0) is 22.9. The SMILES string of the molecule is C=C(C)CCc1c(C(C)C)n(-c2cccc(C(F)(F)F)c2)c2cc(/C=N\C)c(C)cc12. The van der Waals surface area contributed by atoms with Crippen LogP contribution in [-0.2, 0) is 12.6 Å². The molecule has 0 aliphatic carbocycles. The summed E-state index contributed by atoms with van der Waals surface area (Å²) in [4.78, 5) is 4.15. The Balaban J connectivity index is 2.41. The lowest BCUT2D eigenvalue weighted by Crippen LogP contribution is -2.08. The van der Waals surface area contributed by atoms with Crippen molar-refractivity contribution in [2.24, 2.45) is 4.99 Å². The second kappa shape index (κ2) is 8.74. The Morgan fingerprint density at radius 1 is 1.19 bits per heavy atom. The maximum Gasteiger partial charge on any atom is 0.416 e. The monoisotopic (exact) mass is 426 g/mol. The standard InChI is InChI=1S/C26H29F3N2/c1-16(2)10-11-22-23-12-18(5)19(15-30-6)13-24(23)31(25(22)17(3)4)21-9-7-8-20(14-21)26(27,28)29/h7-9,12-15,17H,1,10-11H2,2-6H3/b30-15-. The van der Waals surface area contributed by atoms with E-state index in [9.17, 15) is 13.2 Å². The number of aryl methyl sites for hydroxylation is 2. The summed E-state index contributed by atoms with van der Waals surface area (Å²) in [6, 6.07) is 9.75. The first-order valence-corrected chi connectivity index (χ1v) is 10.5. The Kier molecular flexibility index (Phi) is 6.44. The fraction of sp³-hybridized carbons (Fsp3) is 0.346. The summed E-state index contributed by atoms with van der Waals surface area (Å²) in [6.45, 7) is 12.2. The molecule has 0 radical (unpaired) electrons. The Labute approximate surface area is 182 Å². The predicted octanol–water partition coefficient (Wildman–Crippen LogP) is 7.64. The molecule has 0 N–H and O–H groups in total. The molecule has 3 aromatic rings. The van der Waals surface area contributed by atoms with Crippen molar-refractivity contribution in [1.82, 2.24) is 4.57 Å². The van der Waals surface area contributed by atoms with Gasteiger partial charge in [0.05, 0.1) is 11.1 Å². The molecule has 2 nitrogen and oxygen atoms in total. The topological polar surface area (TPSA) is 17.3 Å². The number of hydrogen-bond acceptors (Lipinski definition) is 1. The quantitative estimate of drug-likeness (QED) is 0.285. The van der Waals surface area contributed by atoms with Crippen molar-refractivity contribution in [3.05, 3.63) is 76.5 Å². The van der Waals surface area contributed by atoms with Gasteiger partial charge in [0, 0.05) is 30.0 Å². The summed E-state index contributed by atoms with van der Waals surface area (Å²) < 4.78 is 42.4. The third kappa shape index (κ3) is 4.60. The molecule has 31 heavy (non-hydrogen) atoms. The highest BCUT2D eigenvalue weighted by atomic mass is 19.4. The molecule has 0 saturated carbocycles. The van der Waals surface area contributed by atoms with Crippen LogP contribution in [0.5, 0.6) is 0 Å². The first-order chi connectivity index (χ1) is 14.5. The minimum atomic E-state index is -4.39. The molecule has 1 aromatic heterocycles. The Morgan fingerprint density at radius 3 is 2.48 bits per heavy atom. The van der Waals surface area contributed by atoms with Gasteiger partial charge in [-0.15, -0.1) is 6.58 Å². The molecule has 3 rings (SSSR count). The molecule has 0 spiro atoms. The van der Waals surface area contributed by atoms with Gasteiger partial charge in [-0.2, -0.15) is 13.2 Å². The summed E-state index contributed by atoms with van der Waals surface area (Å²) in [6.07, 6.45) is -0.970. The van der Waals surface area contributed by atoms with Crippen LogP contribution in [0.3, 0.4) is 0 Å². The molecular formula is C26H29F3N2. The third-order valence-electron chi connectivity index (χ3n) is 5.55. The highest BCUT2D eigenvalue weighted by Crippen LogP contribution is 2.38. The Morgan fingerprint density at radius 2 is 1.90 bits per heavy atom. The van der Waals surface area contributed by atoms with E-state index in [0.29, 0.717) is 5.69 Å². The largest absolute Gasteiger partial charge is 0.416 e. The van der Waals surface area contributed by atoms with Crippen LogP contribution in [0.4, 0.5) is 13.2 Å². The van der Waals surface area contributed by atoms with Gasteiger partial charge in [0.1, 0.15) is 0 Å². The van der Waals surface area contributed by atoms with Crippen LogP contribution in [0.2, 0.25) is 0 Å². The average molecular weight is 427 g/mol. The van der Waals surface area contributed by atoms with E-state index in [2.05, 4.69) is 31.5 Å². The van der Waals surface area contributed by atoms with Crippen molar-refractivity contribution in [2.45, 2.75) is 52.6 Å². The maximum absolute atomic E-state index is 13.5. The van der Waals surface area contributed by atoms with Gasteiger partial charge in [0.25, 0.3) is 0 Å². The van der Waals surface area contributed by atoms with E-state index in [0.717, 1.165) is 52.2 Å². The number of benzene rings is 2. The van der Waals surface area contributed by atoms with E-state index in [-0.39, 0.29) is 5.92 Å². The summed E-state index contributed by atoms with van der Waals surface area (Å²) in [5, 5.41) is 1.08. The molecule has 0 saturated heterocycles. The smallest absolute Gasteiger partial charge is 0.313 e. The van der Waals surface area contributed by atoms with Crippen molar-refractivity contribution in [3.8, 4) is 5.69 Å². The number of nitrogens with zero attached hydrogens (tertiary/aromatic N) is 2. The number of aliphatic imine (C=N–C) groups is 1. The highest BCUT2D eigenvalue weighted by Gasteiger charge is 2.31. The second-order valence-corrected chi connectivity index (χ2v) is 8.47. The number of aromatic nitrogens is 1. The minimum absolute atomic E-state index is 0.130. The normalized spacial score (nSPS) is 12.4. The molecule has 164 valence electrons. The van der Waals surface area contributed by atoms with Gasteiger partial charge in [-0.05, 0) is 79.6 Å². The van der Waals surface area contributed by atoms with Gasteiger partial charge in [-0.25, -0.2) is 0 Å². The number of alkyl halides is 3. The third-order valence-corrected chi connectivity index (χ3v) is 5.55. The molecule has 0 bridgehead atoms. The van der Waals surface area contributed by atoms with Gasteiger partial charge < -0.3 is 4.57 Å². The van der Waals surface area contributed by atoms with Crippen LogP contribution in [0, 0.1) is 6.92 Å². The molecule has 2 aromatic carbocycles. The van der Waals surface area contributed by atoms with E-state index in [4.69, 9.17) is 0 Å². The van der Waals surface area contributed by atoms with Gasteiger partial charge in [0.2, 0.25) is 0 Å². The molecule has 0 fully saturated rings. The van der Waals surface area contributed by atoms with Gasteiger partial charge in [0.15, 0.2) is 0 Å². The molecule has 1 heterocycles.